The van der Waals surface area contributed by atoms with E-state index in [9.17, 15) is 26.9 Å². The molecule has 1 fully saturated rings. The van der Waals surface area contributed by atoms with Gasteiger partial charge in [0, 0.05) is 38.3 Å². The molecule has 0 atom stereocenters. The number of non-ortho nitro benzene ring substituents is 1. The van der Waals surface area contributed by atoms with Gasteiger partial charge in [-0.05, 0) is 19.4 Å². The molecule has 1 heterocycles. The summed E-state index contributed by atoms with van der Waals surface area (Å²) in [6.07, 6.45) is 0. The molecule has 9 nitrogen and oxygen atoms in total. The summed E-state index contributed by atoms with van der Waals surface area (Å²) < 4.78 is 51.6. The minimum absolute atomic E-state index is 0.0176. The van der Waals surface area contributed by atoms with E-state index in [0.717, 1.165) is 6.07 Å². The molecule has 134 valence electrons. The van der Waals surface area contributed by atoms with E-state index in [4.69, 9.17) is 0 Å². The van der Waals surface area contributed by atoms with Crippen LogP contribution in [0.1, 0.15) is 12.5 Å². The van der Waals surface area contributed by atoms with Gasteiger partial charge in [-0.2, -0.15) is 8.61 Å². The van der Waals surface area contributed by atoms with E-state index in [1.165, 1.54) is 27.7 Å². The first-order chi connectivity index (χ1) is 11.1. The van der Waals surface area contributed by atoms with Crippen LogP contribution in [-0.4, -0.2) is 62.3 Å². The lowest BCUT2D eigenvalue weighted by molar-refractivity contribution is -0.385. The minimum Gasteiger partial charge on any atom is -0.258 e. The van der Waals surface area contributed by atoms with Gasteiger partial charge in [0.05, 0.1) is 15.6 Å². The molecule has 2 rings (SSSR count). The lowest BCUT2D eigenvalue weighted by Crippen LogP contribution is -2.50. The van der Waals surface area contributed by atoms with Crippen molar-refractivity contribution >= 4 is 25.7 Å². The number of rotatable bonds is 5. The fourth-order valence-corrected chi connectivity index (χ4v) is 5.24. The van der Waals surface area contributed by atoms with Crippen molar-refractivity contribution in [2.24, 2.45) is 0 Å². The van der Waals surface area contributed by atoms with Gasteiger partial charge in [0.2, 0.25) is 20.0 Å². The Hall–Kier alpha value is -1.56. The Kier molecular flexibility index (Phi) is 5.28. The molecular weight excluding hydrogens is 358 g/mol. The Morgan fingerprint density at radius 2 is 1.62 bits per heavy atom. The summed E-state index contributed by atoms with van der Waals surface area (Å²) in [5.74, 6) is -0.0380. The highest BCUT2D eigenvalue weighted by Crippen LogP contribution is 2.25. The Balaban J connectivity index is 2.27. The van der Waals surface area contributed by atoms with Crippen LogP contribution in [0, 0.1) is 17.0 Å². The second-order valence-corrected chi connectivity index (χ2v) is 9.57. The second-order valence-electron chi connectivity index (χ2n) is 5.41. The van der Waals surface area contributed by atoms with Crippen LogP contribution < -0.4 is 0 Å². The molecular formula is C13H19N3O6S2. The van der Waals surface area contributed by atoms with Crippen molar-refractivity contribution in [3.05, 3.63) is 33.9 Å². The van der Waals surface area contributed by atoms with Gasteiger partial charge in [-0.15, -0.1) is 0 Å². The third kappa shape index (κ3) is 3.58. The van der Waals surface area contributed by atoms with Crippen LogP contribution in [0.25, 0.3) is 0 Å². The Morgan fingerprint density at radius 1 is 1.08 bits per heavy atom. The molecule has 0 saturated carbocycles. The van der Waals surface area contributed by atoms with Crippen molar-refractivity contribution in [2.75, 3.05) is 31.9 Å². The molecule has 0 aromatic heterocycles. The Bertz CT molecular complexity index is 842. The lowest BCUT2D eigenvalue weighted by Gasteiger charge is -2.33. The predicted octanol–water partition coefficient (Wildman–Crippen LogP) is 0.559. The summed E-state index contributed by atoms with van der Waals surface area (Å²) in [4.78, 5) is 10.1. The zero-order valence-electron chi connectivity index (χ0n) is 13.4. The average Bonchev–Trinajstić information content (AvgIpc) is 2.55. The Morgan fingerprint density at radius 3 is 2.12 bits per heavy atom. The zero-order valence-corrected chi connectivity index (χ0v) is 15.0. The van der Waals surface area contributed by atoms with Crippen molar-refractivity contribution in [2.45, 2.75) is 18.7 Å². The molecule has 0 amide bonds. The third-order valence-corrected chi connectivity index (χ3v) is 7.88. The van der Waals surface area contributed by atoms with Crippen molar-refractivity contribution < 1.29 is 21.8 Å². The first-order valence-corrected chi connectivity index (χ1v) is 10.4. The Labute approximate surface area is 141 Å². The standard InChI is InChI=1S/C13H19N3O6S2/c1-3-23(19,20)14-6-8-15(9-7-14)24(21,22)13-10-12(16(17)18)5-4-11(13)2/h4-5,10H,3,6-9H2,1-2H3. The minimum atomic E-state index is -3.92. The zero-order chi connectivity index (χ0) is 18.1. The molecule has 0 spiro atoms. The van der Waals surface area contributed by atoms with Crippen LogP contribution in [0.2, 0.25) is 0 Å². The summed E-state index contributed by atoms with van der Waals surface area (Å²) in [6, 6.07) is 3.68. The lowest BCUT2D eigenvalue weighted by atomic mass is 10.2. The number of hydrogen-bond acceptors (Lipinski definition) is 6. The summed E-state index contributed by atoms with van der Waals surface area (Å²) in [5.41, 5.74) is 0.107. The van der Waals surface area contributed by atoms with Gasteiger partial charge in [0.15, 0.2) is 0 Å². The molecule has 0 radical (unpaired) electrons. The van der Waals surface area contributed by atoms with E-state index in [0.29, 0.717) is 5.56 Å². The van der Waals surface area contributed by atoms with Gasteiger partial charge >= 0.3 is 0 Å². The highest BCUT2D eigenvalue weighted by atomic mass is 32.2. The molecule has 1 aliphatic rings. The summed E-state index contributed by atoms with van der Waals surface area (Å²) >= 11 is 0. The maximum atomic E-state index is 12.7. The molecule has 0 N–H and O–H groups in total. The van der Waals surface area contributed by atoms with Gasteiger partial charge < -0.3 is 0 Å². The first kappa shape index (κ1) is 18.8. The van der Waals surface area contributed by atoms with E-state index in [1.54, 1.807) is 6.92 Å². The summed E-state index contributed by atoms with van der Waals surface area (Å²) in [6.45, 7) is 3.28. The highest BCUT2D eigenvalue weighted by molar-refractivity contribution is 7.89. The number of nitro groups is 1. The van der Waals surface area contributed by atoms with Crippen molar-refractivity contribution in [1.82, 2.24) is 8.61 Å². The third-order valence-electron chi connectivity index (χ3n) is 3.96. The molecule has 1 aliphatic heterocycles. The topological polar surface area (TPSA) is 118 Å². The molecule has 0 aliphatic carbocycles. The van der Waals surface area contributed by atoms with Crippen LogP contribution in [0.15, 0.2) is 23.1 Å². The number of benzene rings is 1. The van der Waals surface area contributed by atoms with E-state index in [1.807, 2.05) is 0 Å². The van der Waals surface area contributed by atoms with Gasteiger partial charge in [-0.3, -0.25) is 10.1 Å². The van der Waals surface area contributed by atoms with Crippen LogP contribution >= 0.6 is 0 Å². The molecule has 11 heteroatoms. The number of hydrogen-bond donors (Lipinski definition) is 0. The largest absolute Gasteiger partial charge is 0.270 e. The normalized spacial score (nSPS) is 17.8. The van der Waals surface area contributed by atoms with Crippen molar-refractivity contribution in [3.8, 4) is 0 Å². The second kappa shape index (κ2) is 6.75. The molecule has 24 heavy (non-hydrogen) atoms. The monoisotopic (exact) mass is 377 g/mol. The molecule has 1 aromatic rings. The van der Waals surface area contributed by atoms with Gasteiger partial charge in [-0.25, -0.2) is 16.8 Å². The number of aryl methyl sites for hydroxylation is 1. The van der Waals surface area contributed by atoms with Crippen molar-refractivity contribution in [3.63, 3.8) is 0 Å². The molecule has 1 saturated heterocycles. The fourth-order valence-electron chi connectivity index (χ4n) is 2.49. The van der Waals surface area contributed by atoms with Crippen LogP contribution in [0.3, 0.4) is 0 Å². The maximum Gasteiger partial charge on any atom is 0.270 e. The number of nitro benzene ring substituents is 1. The first-order valence-electron chi connectivity index (χ1n) is 7.32. The van der Waals surface area contributed by atoms with Crippen LogP contribution in [0.4, 0.5) is 5.69 Å². The average molecular weight is 377 g/mol. The van der Waals surface area contributed by atoms with E-state index in [-0.39, 0.29) is 42.5 Å². The van der Waals surface area contributed by atoms with Crippen molar-refractivity contribution in [1.29, 1.82) is 0 Å². The molecule has 1 aromatic carbocycles. The van der Waals surface area contributed by atoms with Gasteiger partial charge in [0.1, 0.15) is 0 Å². The summed E-state index contributed by atoms with van der Waals surface area (Å²) in [7, 11) is -7.28. The SMILES string of the molecule is CCS(=O)(=O)N1CCN(S(=O)(=O)c2cc([N+](=O)[O-])ccc2C)CC1. The van der Waals surface area contributed by atoms with Crippen LogP contribution in [0.5, 0.6) is 0 Å². The van der Waals surface area contributed by atoms with E-state index >= 15 is 0 Å². The van der Waals surface area contributed by atoms with E-state index in [2.05, 4.69) is 0 Å². The van der Waals surface area contributed by atoms with Gasteiger partial charge in [-0.1, -0.05) is 6.07 Å². The predicted molar refractivity (Wildman–Crippen MR) is 87.6 cm³/mol. The molecule has 0 unspecified atom stereocenters. The smallest absolute Gasteiger partial charge is 0.258 e. The highest BCUT2D eigenvalue weighted by Gasteiger charge is 2.33. The quantitative estimate of drug-likeness (QED) is 0.546. The molecule has 0 bridgehead atoms. The number of sulfonamides is 2. The fraction of sp³-hybridized carbons (Fsp3) is 0.538. The van der Waals surface area contributed by atoms with Crippen LogP contribution in [-0.2, 0) is 20.0 Å². The van der Waals surface area contributed by atoms with Gasteiger partial charge in [0.25, 0.3) is 5.69 Å². The number of piperazine rings is 1. The number of nitrogens with zero attached hydrogens (tertiary/aromatic N) is 3. The van der Waals surface area contributed by atoms with E-state index < -0.39 is 25.0 Å². The maximum absolute atomic E-state index is 12.7. The summed E-state index contributed by atoms with van der Waals surface area (Å²) in [5, 5.41) is 10.9.